The first kappa shape index (κ1) is 23.4. The highest BCUT2D eigenvalue weighted by Gasteiger charge is 2.25. The number of nitrogens with zero attached hydrogens (tertiary/aromatic N) is 1. The van der Waals surface area contributed by atoms with Gasteiger partial charge in [0.05, 0.1) is 6.04 Å². The summed E-state index contributed by atoms with van der Waals surface area (Å²) in [5, 5.41) is 15.2. The molecule has 0 radical (unpaired) electrons. The lowest BCUT2D eigenvalue weighted by atomic mass is 10.0. The zero-order valence-electron chi connectivity index (χ0n) is 18.3. The molecule has 162 valence electrons. The Bertz CT molecular complexity index is 806. The van der Waals surface area contributed by atoms with Crippen LogP contribution in [0, 0.1) is 0 Å². The number of nitrogens with one attached hydrogen (secondary N) is 2. The van der Waals surface area contributed by atoms with Gasteiger partial charge in [-0.3, -0.25) is 14.5 Å². The maximum atomic E-state index is 12.8. The normalized spacial score (nSPS) is 14.0. The molecule has 2 rings (SSSR count). The van der Waals surface area contributed by atoms with Crippen molar-refractivity contribution in [3.8, 4) is 5.75 Å². The van der Waals surface area contributed by atoms with E-state index in [0.29, 0.717) is 6.42 Å². The first-order valence-corrected chi connectivity index (χ1v) is 10.3. The minimum absolute atomic E-state index is 0.0127. The fraction of sp³-hybridized carbons (Fsp3) is 0.417. The maximum Gasteiger partial charge on any atom is 0.242 e. The third-order valence-corrected chi connectivity index (χ3v) is 5.14. The lowest BCUT2D eigenvalue weighted by Gasteiger charge is -2.26. The highest BCUT2D eigenvalue weighted by atomic mass is 16.3. The van der Waals surface area contributed by atoms with E-state index in [1.807, 2.05) is 44.1 Å². The van der Waals surface area contributed by atoms with Gasteiger partial charge in [0.15, 0.2) is 0 Å². The number of carbonyl (C=O) groups is 2. The number of aryl methyl sites for hydroxylation is 1. The van der Waals surface area contributed by atoms with E-state index in [2.05, 4.69) is 22.8 Å². The van der Waals surface area contributed by atoms with Crippen LogP contribution in [0.25, 0.3) is 0 Å². The maximum absolute atomic E-state index is 12.8. The van der Waals surface area contributed by atoms with Crippen molar-refractivity contribution in [1.82, 2.24) is 15.5 Å². The van der Waals surface area contributed by atoms with Gasteiger partial charge >= 0.3 is 0 Å². The van der Waals surface area contributed by atoms with Crippen LogP contribution in [0.15, 0.2) is 54.6 Å². The Morgan fingerprint density at radius 2 is 1.53 bits per heavy atom. The van der Waals surface area contributed by atoms with Gasteiger partial charge in [0.25, 0.3) is 0 Å². The van der Waals surface area contributed by atoms with Crippen LogP contribution in [0.4, 0.5) is 0 Å². The first-order valence-electron chi connectivity index (χ1n) is 10.3. The van der Waals surface area contributed by atoms with E-state index in [1.165, 1.54) is 5.56 Å². The van der Waals surface area contributed by atoms with Crippen molar-refractivity contribution in [2.45, 2.75) is 51.2 Å². The average molecular weight is 412 g/mol. The van der Waals surface area contributed by atoms with Gasteiger partial charge in [-0.15, -0.1) is 0 Å². The Balaban J connectivity index is 1.85. The minimum atomic E-state index is -0.626. The Labute approximate surface area is 179 Å². The van der Waals surface area contributed by atoms with E-state index in [9.17, 15) is 14.7 Å². The summed E-state index contributed by atoms with van der Waals surface area (Å²) in [4.78, 5) is 27.1. The predicted octanol–water partition coefficient (Wildman–Crippen LogP) is 2.51. The molecular weight excluding hydrogens is 378 g/mol. The second-order valence-electron chi connectivity index (χ2n) is 8.01. The Morgan fingerprint density at radius 3 is 2.13 bits per heavy atom. The summed E-state index contributed by atoms with van der Waals surface area (Å²) in [5.41, 5.74) is 2.18. The highest BCUT2D eigenvalue weighted by molar-refractivity contribution is 5.89. The molecule has 0 saturated carbocycles. The van der Waals surface area contributed by atoms with Crippen molar-refractivity contribution in [3.63, 3.8) is 0 Å². The Hall–Kier alpha value is -2.86. The van der Waals surface area contributed by atoms with Crippen LogP contribution in [0.5, 0.6) is 5.75 Å². The van der Waals surface area contributed by atoms with Crippen molar-refractivity contribution < 1.29 is 14.7 Å². The highest BCUT2D eigenvalue weighted by Crippen LogP contribution is 2.13. The molecule has 0 aliphatic carbocycles. The van der Waals surface area contributed by atoms with Gasteiger partial charge in [0.2, 0.25) is 11.8 Å². The monoisotopic (exact) mass is 411 g/mol. The number of carbonyl (C=O) groups excluding carboxylic acids is 2. The second-order valence-corrected chi connectivity index (χ2v) is 8.01. The number of rotatable bonds is 10. The molecule has 2 amide bonds. The van der Waals surface area contributed by atoms with Crippen molar-refractivity contribution in [3.05, 3.63) is 65.7 Å². The SMILES string of the molecule is CC(CCc1ccccc1)NC(=O)[C@@H](C)NC(=O)C(Cc1ccc(O)cc1)N(C)C. The van der Waals surface area contributed by atoms with Gasteiger partial charge in [-0.2, -0.15) is 0 Å². The van der Waals surface area contributed by atoms with E-state index in [4.69, 9.17) is 0 Å². The second kappa shape index (κ2) is 11.4. The first-order chi connectivity index (χ1) is 14.3. The number of phenolic OH excluding ortho intramolecular Hbond substituents is 1. The third kappa shape index (κ3) is 7.52. The standard InChI is InChI=1S/C24H33N3O3/c1-17(10-11-19-8-6-5-7-9-19)25-23(29)18(2)26-24(30)22(27(3)4)16-20-12-14-21(28)15-13-20/h5-9,12-15,17-18,22,28H,10-11,16H2,1-4H3,(H,25,29)(H,26,30)/t17?,18-,22?/m1/s1. The molecule has 0 saturated heterocycles. The minimum Gasteiger partial charge on any atom is -0.508 e. The summed E-state index contributed by atoms with van der Waals surface area (Å²) in [6, 6.07) is 15.9. The zero-order valence-corrected chi connectivity index (χ0v) is 18.3. The number of hydrogen-bond donors (Lipinski definition) is 3. The fourth-order valence-electron chi connectivity index (χ4n) is 3.21. The molecule has 0 aliphatic rings. The van der Waals surface area contributed by atoms with Crippen LogP contribution in [0.3, 0.4) is 0 Å². The van der Waals surface area contributed by atoms with E-state index < -0.39 is 12.1 Å². The lowest BCUT2D eigenvalue weighted by molar-refractivity contribution is -0.131. The van der Waals surface area contributed by atoms with Crippen molar-refractivity contribution in [2.24, 2.45) is 0 Å². The van der Waals surface area contributed by atoms with Gasteiger partial charge in [-0.25, -0.2) is 0 Å². The molecule has 0 fully saturated rings. The van der Waals surface area contributed by atoms with Crippen molar-refractivity contribution in [1.29, 1.82) is 0 Å². The molecule has 0 bridgehead atoms. The van der Waals surface area contributed by atoms with Gasteiger partial charge in [-0.05, 0) is 70.5 Å². The Kier molecular flexibility index (Phi) is 8.87. The number of amides is 2. The van der Waals surface area contributed by atoms with Crippen LogP contribution in [-0.4, -0.2) is 54.0 Å². The third-order valence-electron chi connectivity index (χ3n) is 5.14. The van der Waals surface area contributed by atoms with Crippen molar-refractivity contribution in [2.75, 3.05) is 14.1 Å². The lowest BCUT2D eigenvalue weighted by Crippen LogP contribution is -2.53. The molecule has 6 heteroatoms. The molecule has 2 unspecified atom stereocenters. The molecule has 0 heterocycles. The molecule has 2 aromatic carbocycles. The molecular formula is C24H33N3O3. The van der Waals surface area contributed by atoms with Gasteiger partial charge in [0, 0.05) is 6.04 Å². The molecule has 0 spiro atoms. The summed E-state index contributed by atoms with van der Waals surface area (Å²) in [6.07, 6.45) is 2.21. The summed E-state index contributed by atoms with van der Waals surface area (Å²) in [5.74, 6) is -0.199. The van der Waals surface area contributed by atoms with Crippen molar-refractivity contribution >= 4 is 11.8 Å². The predicted molar refractivity (Wildman–Crippen MR) is 119 cm³/mol. The average Bonchev–Trinajstić information content (AvgIpc) is 2.72. The van der Waals surface area contributed by atoms with Gasteiger partial charge in [0.1, 0.15) is 11.8 Å². The summed E-state index contributed by atoms with van der Waals surface area (Å²) < 4.78 is 0. The smallest absolute Gasteiger partial charge is 0.242 e. The Morgan fingerprint density at radius 1 is 0.900 bits per heavy atom. The van der Waals surface area contributed by atoms with Crippen LogP contribution >= 0.6 is 0 Å². The van der Waals surface area contributed by atoms with Crippen LogP contribution in [0.2, 0.25) is 0 Å². The molecule has 2 aromatic rings. The number of benzene rings is 2. The largest absolute Gasteiger partial charge is 0.508 e. The summed E-state index contributed by atoms with van der Waals surface area (Å²) in [6.45, 7) is 3.67. The van der Waals surface area contributed by atoms with E-state index in [-0.39, 0.29) is 23.6 Å². The topological polar surface area (TPSA) is 81.7 Å². The molecule has 3 N–H and O–H groups in total. The van der Waals surface area contributed by atoms with E-state index in [1.54, 1.807) is 31.2 Å². The quantitative estimate of drug-likeness (QED) is 0.561. The fourth-order valence-corrected chi connectivity index (χ4v) is 3.21. The zero-order chi connectivity index (χ0) is 22.1. The summed E-state index contributed by atoms with van der Waals surface area (Å²) >= 11 is 0. The van der Waals surface area contributed by atoms with E-state index in [0.717, 1.165) is 18.4 Å². The van der Waals surface area contributed by atoms with Crippen LogP contribution in [0.1, 0.15) is 31.4 Å². The molecule has 6 nitrogen and oxygen atoms in total. The van der Waals surface area contributed by atoms with Gasteiger partial charge in [-0.1, -0.05) is 42.5 Å². The molecule has 30 heavy (non-hydrogen) atoms. The summed E-state index contributed by atoms with van der Waals surface area (Å²) in [7, 11) is 3.67. The number of hydrogen-bond acceptors (Lipinski definition) is 4. The number of phenols is 1. The molecule has 3 atom stereocenters. The number of aromatic hydroxyl groups is 1. The van der Waals surface area contributed by atoms with E-state index >= 15 is 0 Å². The van der Waals surface area contributed by atoms with Crippen LogP contribution in [-0.2, 0) is 22.4 Å². The van der Waals surface area contributed by atoms with Gasteiger partial charge < -0.3 is 15.7 Å². The van der Waals surface area contributed by atoms with Crippen LogP contribution < -0.4 is 10.6 Å². The molecule has 0 aromatic heterocycles. The number of likely N-dealkylation sites (N-methyl/N-ethyl adjacent to an activating group) is 1. The molecule has 0 aliphatic heterocycles.